The van der Waals surface area contributed by atoms with Gasteiger partial charge in [0, 0.05) is 29.9 Å². The van der Waals surface area contributed by atoms with E-state index in [0.29, 0.717) is 0 Å². The Morgan fingerprint density at radius 1 is 1.00 bits per heavy atom. The van der Waals surface area contributed by atoms with Crippen LogP contribution < -0.4 is 10.3 Å². The maximum atomic E-state index is 11.1. The van der Waals surface area contributed by atoms with E-state index in [4.69, 9.17) is 0 Å². The summed E-state index contributed by atoms with van der Waals surface area (Å²) in [7, 11) is 0. The summed E-state index contributed by atoms with van der Waals surface area (Å²) in [5, 5.41) is 0. The average Bonchev–Trinajstić information content (AvgIpc) is 2.81. The zero-order valence-corrected chi connectivity index (χ0v) is 8.57. The molecule has 3 rings (SSSR count). The minimum Gasteiger partial charge on any atom is -0.371 e. The highest BCUT2D eigenvalue weighted by Gasteiger charge is 2.20. The molecule has 2 heteroatoms. The molecule has 15 heavy (non-hydrogen) atoms. The number of benzene rings is 1. The van der Waals surface area contributed by atoms with Crippen molar-refractivity contribution in [2.24, 2.45) is 0 Å². The fourth-order valence-electron chi connectivity index (χ4n) is 2.24. The fourth-order valence-corrected chi connectivity index (χ4v) is 2.24. The van der Waals surface area contributed by atoms with Gasteiger partial charge in [-0.3, -0.25) is 4.79 Å². The van der Waals surface area contributed by atoms with E-state index < -0.39 is 0 Å². The molecule has 0 N–H and O–H groups in total. The van der Waals surface area contributed by atoms with Crippen LogP contribution in [-0.4, -0.2) is 13.1 Å². The molecule has 0 atom stereocenters. The topological polar surface area (TPSA) is 20.3 Å². The van der Waals surface area contributed by atoms with Gasteiger partial charge in [0.1, 0.15) is 0 Å². The summed E-state index contributed by atoms with van der Waals surface area (Å²) in [6.07, 6.45) is 2.53. The lowest BCUT2D eigenvalue weighted by Crippen LogP contribution is -2.18. The predicted molar refractivity (Wildman–Crippen MR) is 62.0 cm³/mol. The molecule has 0 saturated carbocycles. The van der Waals surface area contributed by atoms with Crippen LogP contribution in [0.1, 0.15) is 12.8 Å². The van der Waals surface area contributed by atoms with Gasteiger partial charge >= 0.3 is 0 Å². The number of para-hydroxylation sites is 1. The Kier molecular flexibility index (Phi) is 1.88. The molecule has 76 valence electrons. The molecule has 2 nitrogen and oxygen atoms in total. The average molecular weight is 199 g/mol. The lowest BCUT2D eigenvalue weighted by Gasteiger charge is -2.19. The van der Waals surface area contributed by atoms with Crippen molar-refractivity contribution in [3.63, 3.8) is 0 Å². The SMILES string of the molecule is O=c1cc1-c1ccccc1N1CCCC1. The van der Waals surface area contributed by atoms with Crippen molar-refractivity contribution in [1.82, 2.24) is 0 Å². The third-order valence-electron chi connectivity index (χ3n) is 3.10. The van der Waals surface area contributed by atoms with Crippen LogP contribution in [0.25, 0.3) is 11.1 Å². The Labute approximate surface area is 88.8 Å². The minimum absolute atomic E-state index is 0.196. The Balaban J connectivity index is 2.03. The maximum absolute atomic E-state index is 11.1. The smallest absolute Gasteiger partial charge is 0.187 e. The van der Waals surface area contributed by atoms with E-state index in [-0.39, 0.29) is 5.43 Å². The van der Waals surface area contributed by atoms with Gasteiger partial charge in [-0.25, -0.2) is 0 Å². The van der Waals surface area contributed by atoms with Gasteiger partial charge in [-0.15, -0.1) is 0 Å². The van der Waals surface area contributed by atoms with Crippen molar-refractivity contribution in [3.8, 4) is 11.1 Å². The Bertz CT molecular complexity index is 488. The first-order valence-corrected chi connectivity index (χ1v) is 5.46. The zero-order chi connectivity index (χ0) is 10.3. The second-order valence-corrected chi connectivity index (χ2v) is 4.13. The largest absolute Gasteiger partial charge is 0.371 e. The summed E-state index contributed by atoms with van der Waals surface area (Å²) >= 11 is 0. The summed E-state index contributed by atoms with van der Waals surface area (Å²) in [6.45, 7) is 2.25. The van der Waals surface area contributed by atoms with E-state index in [2.05, 4.69) is 11.0 Å². The minimum atomic E-state index is 0.196. The number of nitrogens with zero attached hydrogens (tertiary/aromatic N) is 1. The molecule has 0 spiro atoms. The number of rotatable bonds is 2. The van der Waals surface area contributed by atoms with Gasteiger partial charge in [-0.05, 0) is 25.0 Å². The third kappa shape index (κ3) is 1.46. The van der Waals surface area contributed by atoms with Crippen LogP contribution in [0.3, 0.4) is 0 Å². The molecule has 0 radical (unpaired) electrons. The van der Waals surface area contributed by atoms with Crippen molar-refractivity contribution in [1.29, 1.82) is 0 Å². The van der Waals surface area contributed by atoms with Gasteiger partial charge in [-0.2, -0.15) is 0 Å². The molecule has 2 aromatic carbocycles. The van der Waals surface area contributed by atoms with Crippen LogP contribution in [0.15, 0.2) is 35.1 Å². The standard InChI is InChI=1S/C13H13NO/c15-13-9-11(13)10-5-1-2-6-12(10)14-7-3-4-8-14/h1-2,5-6,9H,3-4,7-8H2. The highest BCUT2D eigenvalue weighted by Crippen LogP contribution is 2.32. The van der Waals surface area contributed by atoms with Gasteiger partial charge in [-0.1, -0.05) is 18.2 Å². The van der Waals surface area contributed by atoms with Crippen molar-refractivity contribution in [2.45, 2.75) is 12.8 Å². The normalized spacial score (nSPS) is 16.4. The molecule has 0 unspecified atom stereocenters. The number of hydrogen-bond acceptors (Lipinski definition) is 2. The van der Waals surface area contributed by atoms with Crippen molar-refractivity contribution < 1.29 is 0 Å². The first kappa shape index (κ1) is 8.72. The first-order valence-electron chi connectivity index (χ1n) is 5.46. The van der Waals surface area contributed by atoms with Gasteiger partial charge in [0.05, 0.1) is 0 Å². The second-order valence-electron chi connectivity index (χ2n) is 4.13. The van der Waals surface area contributed by atoms with Crippen LogP contribution in [-0.2, 0) is 0 Å². The molecule has 0 aliphatic carbocycles. The second kappa shape index (κ2) is 3.23. The summed E-state index contributed by atoms with van der Waals surface area (Å²) < 4.78 is 0. The van der Waals surface area contributed by atoms with Gasteiger partial charge in [0.25, 0.3) is 0 Å². The predicted octanol–water partition coefficient (Wildman–Crippen LogP) is 2.19. The molecule has 1 heterocycles. The summed E-state index contributed by atoms with van der Waals surface area (Å²) in [5.74, 6) is 0. The quantitative estimate of drug-likeness (QED) is 0.739. The van der Waals surface area contributed by atoms with E-state index in [1.165, 1.54) is 18.5 Å². The first-order chi connectivity index (χ1) is 7.36. The molecular formula is C13H13NO. The van der Waals surface area contributed by atoms with Crippen molar-refractivity contribution in [2.75, 3.05) is 18.0 Å². The molecule has 0 bridgehead atoms. The highest BCUT2D eigenvalue weighted by molar-refractivity contribution is 5.82. The maximum Gasteiger partial charge on any atom is 0.187 e. The van der Waals surface area contributed by atoms with E-state index >= 15 is 0 Å². The molecule has 2 aromatic rings. The van der Waals surface area contributed by atoms with Crippen LogP contribution in [0.2, 0.25) is 0 Å². The zero-order valence-electron chi connectivity index (χ0n) is 8.57. The van der Waals surface area contributed by atoms with Crippen LogP contribution in [0.5, 0.6) is 0 Å². The summed E-state index contributed by atoms with van der Waals surface area (Å²) in [6, 6.07) is 9.93. The Morgan fingerprint density at radius 3 is 2.33 bits per heavy atom. The van der Waals surface area contributed by atoms with Crippen LogP contribution in [0, 0.1) is 0 Å². The third-order valence-corrected chi connectivity index (χ3v) is 3.10. The van der Waals surface area contributed by atoms with Crippen molar-refractivity contribution >= 4 is 5.69 Å². The monoisotopic (exact) mass is 199 g/mol. The number of hydrogen-bond donors (Lipinski definition) is 0. The molecular weight excluding hydrogens is 186 g/mol. The van der Waals surface area contributed by atoms with Gasteiger partial charge in [0.15, 0.2) is 5.43 Å². The molecule has 0 aromatic heterocycles. The lowest BCUT2D eigenvalue weighted by molar-refractivity contribution is 0.949. The van der Waals surface area contributed by atoms with Crippen LogP contribution in [0.4, 0.5) is 5.69 Å². The molecule has 1 saturated heterocycles. The molecule has 1 aliphatic rings. The van der Waals surface area contributed by atoms with E-state index in [1.807, 2.05) is 18.2 Å². The lowest BCUT2D eigenvalue weighted by atomic mass is 10.1. The van der Waals surface area contributed by atoms with Crippen LogP contribution >= 0.6 is 0 Å². The Hall–Kier alpha value is -1.57. The molecule has 1 fully saturated rings. The Morgan fingerprint density at radius 2 is 1.67 bits per heavy atom. The molecule has 1 aliphatic heterocycles. The summed E-state index contributed by atoms with van der Waals surface area (Å²) in [5.41, 5.74) is 3.44. The van der Waals surface area contributed by atoms with Gasteiger partial charge in [0.2, 0.25) is 0 Å². The van der Waals surface area contributed by atoms with E-state index in [9.17, 15) is 4.79 Å². The highest BCUT2D eigenvalue weighted by atomic mass is 16.1. The van der Waals surface area contributed by atoms with Gasteiger partial charge < -0.3 is 4.90 Å². The van der Waals surface area contributed by atoms with Crippen molar-refractivity contribution in [3.05, 3.63) is 40.6 Å². The fraction of sp³-hybridized carbons (Fsp3) is 0.308. The molecule has 0 amide bonds. The number of anilines is 1. The summed E-state index contributed by atoms with van der Waals surface area (Å²) in [4.78, 5) is 13.5. The van der Waals surface area contributed by atoms with E-state index in [0.717, 1.165) is 24.2 Å². The van der Waals surface area contributed by atoms with E-state index in [1.54, 1.807) is 6.07 Å².